The predicted molar refractivity (Wildman–Crippen MR) is 183 cm³/mol. The fourth-order valence-corrected chi connectivity index (χ4v) is 2.11. The number of carboxylic acids is 8. The normalized spacial score (nSPS) is 8.78. The first-order chi connectivity index (χ1) is 23.3. The van der Waals surface area contributed by atoms with Crippen LogP contribution >= 0.6 is 0 Å². The number of carboxylic acid groups (broad SMARTS) is 8. The van der Waals surface area contributed by atoms with Crippen LogP contribution in [0.25, 0.3) is 0 Å². The van der Waals surface area contributed by atoms with Gasteiger partial charge in [-0.2, -0.15) is 0 Å². The smallest absolute Gasteiger partial charge is 0.317 e. The Hall–Kier alpha value is -5.06. The van der Waals surface area contributed by atoms with E-state index in [0.717, 1.165) is 63.5 Å². The van der Waals surface area contributed by atoms with E-state index in [4.69, 9.17) is 71.5 Å². The summed E-state index contributed by atoms with van der Waals surface area (Å²) in [5, 5.41) is 64.1. The Morgan fingerprint density at radius 3 is 0.961 bits per heavy atom. The third-order valence-electron chi connectivity index (χ3n) is 3.51. The Balaban J connectivity index is -0.000000104. The summed E-state index contributed by atoms with van der Waals surface area (Å²) in [5.74, 6) is -8.24. The van der Waals surface area contributed by atoms with Crippen molar-refractivity contribution in [2.45, 2.75) is 41.0 Å². The van der Waals surface area contributed by atoms with Gasteiger partial charge in [-0.15, -0.1) is 0 Å². The van der Waals surface area contributed by atoms with Crippen LogP contribution in [0.3, 0.4) is 0 Å². The highest BCUT2D eigenvalue weighted by Crippen LogP contribution is 1.94. The van der Waals surface area contributed by atoms with E-state index in [-0.39, 0.29) is 13.1 Å². The van der Waals surface area contributed by atoms with Gasteiger partial charge in [-0.3, -0.25) is 48.2 Å². The summed E-state index contributed by atoms with van der Waals surface area (Å²) >= 11 is 0. The molecule has 0 bridgehead atoms. The molecule has 0 saturated heterocycles. The van der Waals surface area contributed by atoms with Crippen LogP contribution in [-0.2, 0) is 38.4 Å². The summed E-state index contributed by atoms with van der Waals surface area (Å²) < 4.78 is 0. The van der Waals surface area contributed by atoms with Gasteiger partial charge in [0.25, 0.3) is 23.9 Å². The van der Waals surface area contributed by atoms with Gasteiger partial charge in [-0.1, -0.05) is 0 Å². The third kappa shape index (κ3) is 133. The molecule has 23 nitrogen and oxygen atoms in total. The molecule has 0 rings (SSSR count). The van der Waals surface area contributed by atoms with Crippen LogP contribution < -0.4 is 11.5 Å². The maximum Gasteiger partial charge on any atom is 0.317 e. The largest absolute Gasteiger partial charge is 0.481 e. The van der Waals surface area contributed by atoms with Crippen molar-refractivity contribution in [3.05, 3.63) is 0 Å². The number of rotatable bonds is 17. The molecule has 0 heterocycles. The van der Waals surface area contributed by atoms with E-state index < -0.39 is 73.9 Å². The van der Waals surface area contributed by atoms with E-state index in [1.807, 2.05) is 6.92 Å². The van der Waals surface area contributed by atoms with Crippen molar-refractivity contribution in [3.63, 3.8) is 0 Å². The van der Waals surface area contributed by atoms with E-state index in [1.54, 1.807) is 0 Å². The topological polar surface area (TPSA) is 385 Å². The molecule has 0 aliphatic heterocycles. The number of hydrogen-bond donors (Lipinski definition) is 10. The molecule has 0 unspecified atom stereocenters. The van der Waals surface area contributed by atoms with Crippen LogP contribution in [0.15, 0.2) is 9.98 Å². The Morgan fingerprint density at radius 2 is 0.784 bits per heavy atom. The van der Waals surface area contributed by atoms with Gasteiger partial charge in [0, 0.05) is 60.4 Å². The van der Waals surface area contributed by atoms with E-state index in [9.17, 15) is 19.2 Å². The zero-order valence-electron chi connectivity index (χ0n) is 30.2. The van der Waals surface area contributed by atoms with Crippen molar-refractivity contribution < 1.29 is 79.2 Å². The zero-order chi connectivity index (χ0) is 42.0. The third-order valence-corrected chi connectivity index (χ3v) is 3.51. The molecule has 0 atom stereocenters. The second-order valence-corrected chi connectivity index (χ2v) is 9.26. The van der Waals surface area contributed by atoms with Gasteiger partial charge in [0.2, 0.25) is 0 Å². The summed E-state index contributed by atoms with van der Waals surface area (Å²) in [6.07, 6.45) is 1.08. The van der Waals surface area contributed by atoms with Crippen molar-refractivity contribution >= 4 is 53.8 Å². The second-order valence-electron chi connectivity index (χ2n) is 9.26. The molecule has 0 spiro atoms. The molecular formula is C28H57N7O16. The zero-order valence-corrected chi connectivity index (χ0v) is 30.2. The van der Waals surface area contributed by atoms with Crippen molar-refractivity contribution in [1.29, 1.82) is 0 Å². The Labute approximate surface area is 296 Å². The maximum atomic E-state index is 10.6. The van der Waals surface area contributed by atoms with Crippen LogP contribution in [0.2, 0.25) is 0 Å². The van der Waals surface area contributed by atoms with Gasteiger partial charge >= 0.3 is 23.9 Å². The van der Waals surface area contributed by atoms with Crippen LogP contribution in [-0.4, -0.2) is 195 Å². The molecule has 0 amide bonds. The summed E-state index contributed by atoms with van der Waals surface area (Å²) in [4.78, 5) is 90.4. The number of carbonyl (C=O) groups is 8. The fourth-order valence-electron chi connectivity index (χ4n) is 2.11. The van der Waals surface area contributed by atoms with Crippen LogP contribution in [0.1, 0.15) is 41.0 Å². The fraction of sp³-hybridized carbons (Fsp3) is 0.679. The van der Waals surface area contributed by atoms with Crippen molar-refractivity contribution in [3.8, 4) is 0 Å². The first-order valence-electron chi connectivity index (χ1n) is 14.5. The molecule has 0 aromatic heterocycles. The first kappa shape index (κ1) is 61.2. The van der Waals surface area contributed by atoms with Crippen LogP contribution in [0, 0.1) is 0 Å². The molecule has 0 aliphatic rings. The van der Waals surface area contributed by atoms with E-state index >= 15 is 0 Å². The standard InChI is InChI=1S/C10H16N2O8.C8H17N3.C2H8N2.4C2H4O2/c13-7(14)3-11(4-8(15)16)1-2-12(5-9(17)18)6-10(19)20;1-4-9-8-10-6-5-7-11(2)3;3-1-2-4;4*1-2(3)4/h1-6H2,(H,13,14)(H,15,16)(H,17,18)(H,19,20);4-7H2,1-3H3;1-4H2;4*1H3,(H,3,4). The number of aliphatic imine (C=N–C) groups is 2. The number of hydrogen-bond acceptors (Lipinski definition) is 15. The minimum atomic E-state index is -1.23. The molecule has 0 radical (unpaired) electrons. The molecule has 0 fully saturated rings. The van der Waals surface area contributed by atoms with Crippen LogP contribution in [0.5, 0.6) is 0 Å². The van der Waals surface area contributed by atoms with E-state index in [0.29, 0.717) is 13.1 Å². The first-order valence-corrected chi connectivity index (χ1v) is 14.5. The lowest BCUT2D eigenvalue weighted by Gasteiger charge is -2.23. The average molecular weight is 748 g/mol. The van der Waals surface area contributed by atoms with Gasteiger partial charge in [0.05, 0.1) is 38.7 Å². The lowest BCUT2D eigenvalue weighted by molar-refractivity contribution is -0.145. The van der Waals surface area contributed by atoms with Crippen molar-refractivity contribution in [2.24, 2.45) is 21.5 Å². The predicted octanol–water partition coefficient (Wildman–Crippen LogP) is -1.67. The average Bonchev–Trinajstić information content (AvgIpc) is 2.91. The van der Waals surface area contributed by atoms with Crippen LogP contribution in [0.4, 0.5) is 0 Å². The number of aliphatic carboxylic acids is 8. The molecule has 23 heteroatoms. The molecular weight excluding hydrogens is 690 g/mol. The molecule has 0 saturated carbocycles. The minimum Gasteiger partial charge on any atom is -0.481 e. The Kier molecular flexibility index (Phi) is 56.5. The quantitative estimate of drug-likeness (QED) is 0.0587. The Morgan fingerprint density at radius 1 is 0.529 bits per heavy atom. The van der Waals surface area contributed by atoms with Gasteiger partial charge in [-0.05, 0) is 34.0 Å². The number of nitrogens with two attached hydrogens (primary N) is 2. The summed E-state index contributed by atoms with van der Waals surface area (Å²) in [6.45, 7) is 7.94. The highest BCUT2D eigenvalue weighted by Gasteiger charge is 2.18. The van der Waals surface area contributed by atoms with Gasteiger partial charge in [0.15, 0.2) is 0 Å². The van der Waals surface area contributed by atoms with Crippen molar-refractivity contribution in [2.75, 3.05) is 86.1 Å². The van der Waals surface area contributed by atoms with E-state index in [2.05, 4.69) is 35.0 Å². The minimum absolute atomic E-state index is 0.0703. The summed E-state index contributed by atoms with van der Waals surface area (Å²) in [6, 6.07) is 2.64. The van der Waals surface area contributed by atoms with Gasteiger partial charge < -0.3 is 57.2 Å². The van der Waals surface area contributed by atoms with Crippen molar-refractivity contribution in [1.82, 2.24) is 14.7 Å². The summed E-state index contributed by atoms with van der Waals surface area (Å²) in [7, 11) is 4.12. The molecule has 300 valence electrons. The molecule has 0 aromatic carbocycles. The monoisotopic (exact) mass is 747 g/mol. The summed E-state index contributed by atoms with van der Waals surface area (Å²) in [5.41, 5.74) is 9.81. The molecule has 0 aromatic rings. The molecule has 51 heavy (non-hydrogen) atoms. The SMILES string of the molecule is CC(=O)O.CC(=O)O.CC(=O)O.CC(=O)O.CCN=C=NCCCN(C)C.NCCN.O=C(O)CN(CCN(CC(=O)O)CC(=O)O)CC(=O)O. The Bertz CT molecular complexity index is 887. The van der Waals surface area contributed by atoms with Gasteiger partial charge in [0.1, 0.15) is 0 Å². The highest BCUT2D eigenvalue weighted by molar-refractivity contribution is 5.73. The lowest BCUT2D eigenvalue weighted by atomic mass is 10.4. The molecule has 12 N–H and O–H groups in total. The second kappa shape index (κ2) is 47.1. The van der Waals surface area contributed by atoms with Gasteiger partial charge in [-0.25, -0.2) is 9.98 Å². The highest BCUT2D eigenvalue weighted by atomic mass is 16.4. The number of nitrogens with zero attached hydrogens (tertiary/aromatic N) is 5. The lowest BCUT2D eigenvalue weighted by Crippen LogP contribution is -2.43. The molecule has 0 aliphatic carbocycles. The maximum absolute atomic E-state index is 10.6. The van der Waals surface area contributed by atoms with E-state index in [1.165, 1.54) is 0 Å².